The summed E-state index contributed by atoms with van der Waals surface area (Å²) in [5, 5.41) is 2.56. The number of fused-ring (bicyclic) bond motifs is 5. The lowest BCUT2D eigenvalue weighted by molar-refractivity contribution is -0.142. The average molecular weight is 308 g/mol. The fourth-order valence-electron chi connectivity index (χ4n) is 3.17. The zero-order valence-corrected chi connectivity index (χ0v) is 12.9. The van der Waals surface area contributed by atoms with Crippen molar-refractivity contribution in [2.75, 3.05) is 13.1 Å². The van der Waals surface area contributed by atoms with E-state index < -0.39 is 23.5 Å². The maximum absolute atomic E-state index is 12.3. The van der Waals surface area contributed by atoms with Crippen molar-refractivity contribution in [2.45, 2.75) is 38.6 Å². The number of hydrogen-bond acceptors (Lipinski definition) is 5. The molecule has 2 bridgehead atoms. The Balaban J connectivity index is 1.53. The minimum atomic E-state index is -0.581. The SMILES string of the molecule is CC(C)(C)OC(=O)NCCN1C(=O)C2C3C=CC(O3)[C@@H]2C1=O. The molecule has 3 aliphatic heterocycles. The molecule has 0 saturated carbocycles. The summed E-state index contributed by atoms with van der Waals surface area (Å²) in [5.41, 5.74) is -0.581. The van der Waals surface area contributed by atoms with E-state index in [0.29, 0.717) is 0 Å². The fraction of sp³-hybridized carbons (Fsp3) is 0.667. The van der Waals surface area contributed by atoms with Crippen LogP contribution in [0.5, 0.6) is 0 Å². The lowest BCUT2D eigenvalue weighted by Gasteiger charge is -2.21. The van der Waals surface area contributed by atoms with Crippen molar-refractivity contribution in [3.05, 3.63) is 12.2 Å². The molecule has 120 valence electrons. The van der Waals surface area contributed by atoms with Gasteiger partial charge in [0.25, 0.3) is 0 Å². The number of nitrogens with one attached hydrogen (secondary N) is 1. The van der Waals surface area contributed by atoms with Crippen LogP contribution >= 0.6 is 0 Å². The van der Waals surface area contributed by atoms with E-state index in [1.807, 2.05) is 12.2 Å². The second kappa shape index (κ2) is 5.08. The number of likely N-dealkylation sites (tertiary alicyclic amines) is 1. The molecule has 3 heterocycles. The highest BCUT2D eigenvalue weighted by Gasteiger charge is 2.60. The number of amides is 3. The number of nitrogens with zero attached hydrogens (tertiary/aromatic N) is 1. The normalized spacial score (nSPS) is 32.6. The standard InChI is InChI=1S/C15H20N2O5/c1-15(2,3)22-14(20)16-6-7-17-12(18)10-8-4-5-9(21-8)11(10)13(17)19/h4-5,8-11H,6-7H2,1-3H3,(H,16,20)/t8?,9?,10-,11?/m0/s1. The topological polar surface area (TPSA) is 84.9 Å². The minimum absolute atomic E-state index is 0.156. The van der Waals surface area contributed by atoms with Gasteiger partial charge in [0.2, 0.25) is 11.8 Å². The van der Waals surface area contributed by atoms with Crippen LogP contribution in [-0.4, -0.2) is 53.7 Å². The highest BCUT2D eigenvalue weighted by atomic mass is 16.6. The molecular formula is C15H20N2O5. The van der Waals surface area contributed by atoms with Crippen molar-refractivity contribution < 1.29 is 23.9 Å². The Kier molecular flexibility index (Phi) is 3.47. The molecule has 1 N–H and O–H groups in total. The van der Waals surface area contributed by atoms with Gasteiger partial charge in [-0.25, -0.2) is 4.79 Å². The van der Waals surface area contributed by atoms with Gasteiger partial charge < -0.3 is 14.8 Å². The van der Waals surface area contributed by atoms with Gasteiger partial charge in [0.15, 0.2) is 0 Å². The molecule has 3 unspecified atom stereocenters. The molecule has 3 amide bonds. The maximum atomic E-state index is 12.3. The Morgan fingerprint density at radius 3 is 2.27 bits per heavy atom. The minimum Gasteiger partial charge on any atom is -0.444 e. The van der Waals surface area contributed by atoms with Crippen LogP contribution in [0, 0.1) is 11.8 Å². The first-order chi connectivity index (χ1) is 10.3. The Morgan fingerprint density at radius 2 is 1.77 bits per heavy atom. The molecule has 0 aromatic rings. The molecule has 7 nitrogen and oxygen atoms in total. The first-order valence-corrected chi connectivity index (χ1v) is 7.44. The highest BCUT2D eigenvalue weighted by Crippen LogP contribution is 2.44. The second-order valence-electron chi connectivity index (χ2n) is 6.76. The number of alkyl carbamates (subject to hydrolysis) is 1. The molecule has 7 heteroatoms. The van der Waals surface area contributed by atoms with E-state index in [1.165, 1.54) is 4.90 Å². The van der Waals surface area contributed by atoms with E-state index in [1.54, 1.807) is 20.8 Å². The van der Waals surface area contributed by atoms with Gasteiger partial charge in [-0.1, -0.05) is 12.2 Å². The molecule has 2 saturated heterocycles. The summed E-state index contributed by atoms with van der Waals surface area (Å²) >= 11 is 0. The Labute approximate surface area is 128 Å². The summed E-state index contributed by atoms with van der Waals surface area (Å²) in [6, 6.07) is 0. The largest absolute Gasteiger partial charge is 0.444 e. The molecule has 0 aromatic heterocycles. The van der Waals surface area contributed by atoms with Crippen LogP contribution in [0.2, 0.25) is 0 Å². The highest BCUT2D eigenvalue weighted by molar-refractivity contribution is 6.06. The Bertz CT molecular complexity index is 521. The quantitative estimate of drug-likeness (QED) is 0.604. The van der Waals surface area contributed by atoms with Crippen molar-refractivity contribution in [3.63, 3.8) is 0 Å². The first kappa shape index (κ1) is 15.0. The van der Waals surface area contributed by atoms with E-state index in [9.17, 15) is 14.4 Å². The van der Waals surface area contributed by atoms with Gasteiger partial charge in [0.05, 0.1) is 24.0 Å². The van der Waals surface area contributed by atoms with Crippen LogP contribution in [0.3, 0.4) is 0 Å². The monoisotopic (exact) mass is 308 g/mol. The van der Waals surface area contributed by atoms with E-state index in [2.05, 4.69) is 5.32 Å². The second-order valence-corrected chi connectivity index (χ2v) is 6.76. The van der Waals surface area contributed by atoms with Crippen LogP contribution in [0.15, 0.2) is 12.2 Å². The van der Waals surface area contributed by atoms with Crippen molar-refractivity contribution in [1.82, 2.24) is 10.2 Å². The van der Waals surface area contributed by atoms with Gasteiger partial charge in [0.1, 0.15) is 5.60 Å². The van der Waals surface area contributed by atoms with Crippen molar-refractivity contribution in [1.29, 1.82) is 0 Å². The van der Waals surface area contributed by atoms with E-state index >= 15 is 0 Å². The summed E-state index contributed by atoms with van der Waals surface area (Å²) in [5.74, 6) is -1.22. The molecule has 4 atom stereocenters. The lowest BCUT2D eigenvalue weighted by Crippen LogP contribution is -2.41. The maximum Gasteiger partial charge on any atom is 0.407 e. The zero-order chi connectivity index (χ0) is 16.1. The van der Waals surface area contributed by atoms with Crippen molar-refractivity contribution in [3.8, 4) is 0 Å². The molecular weight excluding hydrogens is 288 g/mol. The lowest BCUT2D eigenvalue weighted by atomic mass is 9.85. The van der Waals surface area contributed by atoms with Gasteiger partial charge in [-0.05, 0) is 20.8 Å². The molecule has 0 aromatic carbocycles. The van der Waals surface area contributed by atoms with Gasteiger partial charge in [-0.15, -0.1) is 0 Å². The number of imide groups is 1. The average Bonchev–Trinajstić information content (AvgIpc) is 3.05. The number of carbonyl (C=O) groups excluding carboxylic acids is 3. The van der Waals surface area contributed by atoms with Crippen LogP contribution in [0.4, 0.5) is 4.79 Å². The number of rotatable bonds is 3. The van der Waals surface area contributed by atoms with Crippen LogP contribution in [0.25, 0.3) is 0 Å². The van der Waals surface area contributed by atoms with E-state index in [0.717, 1.165) is 0 Å². The number of ether oxygens (including phenoxy) is 2. The fourth-order valence-corrected chi connectivity index (χ4v) is 3.17. The van der Waals surface area contributed by atoms with Gasteiger partial charge in [-0.2, -0.15) is 0 Å². The predicted octanol–water partition coefficient (Wildman–Crippen LogP) is 0.449. The molecule has 3 aliphatic rings. The summed E-state index contributed by atoms with van der Waals surface area (Å²) < 4.78 is 10.7. The van der Waals surface area contributed by atoms with Crippen molar-refractivity contribution in [2.24, 2.45) is 11.8 Å². The molecule has 0 radical (unpaired) electrons. The summed E-state index contributed by atoms with van der Waals surface area (Å²) in [7, 11) is 0. The van der Waals surface area contributed by atoms with Gasteiger partial charge in [0, 0.05) is 13.1 Å². The number of hydrogen-bond donors (Lipinski definition) is 1. The molecule has 0 aliphatic carbocycles. The third-order valence-corrected chi connectivity index (χ3v) is 4.01. The Hall–Kier alpha value is -1.89. The molecule has 0 spiro atoms. The van der Waals surface area contributed by atoms with Crippen LogP contribution < -0.4 is 5.32 Å². The van der Waals surface area contributed by atoms with Gasteiger partial charge >= 0.3 is 6.09 Å². The molecule has 22 heavy (non-hydrogen) atoms. The van der Waals surface area contributed by atoms with Crippen LogP contribution in [-0.2, 0) is 19.1 Å². The summed E-state index contributed by atoms with van der Waals surface area (Å²) in [6.07, 6.45) is 2.57. The first-order valence-electron chi connectivity index (χ1n) is 7.44. The third kappa shape index (κ3) is 2.49. The Morgan fingerprint density at radius 1 is 1.23 bits per heavy atom. The van der Waals surface area contributed by atoms with E-state index in [-0.39, 0.29) is 37.1 Å². The van der Waals surface area contributed by atoms with Crippen LogP contribution in [0.1, 0.15) is 20.8 Å². The van der Waals surface area contributed by atoms with E-state index in [4.69, 9.17) is 9.47 Å². The third-order valence-electron chi connectivity index (χ3n) is 4.01. The summed E-state index contributed by atoms with van der Waals surface area (Å²) in [6.45, 7) is 5.64. The van der Waals surface area contributed by atoms with Crippen molar-refractivity contribution >= 4 is 17.9 Å². The molecule has 3 rings (SSSR count). The smallest absolute Gasteiger partial charge is 0.407 e. The number of carbonyl (C=O) groups is 3. The zero-order valence-electron chi connectivity index (χ0n) is 12.9. The predicted molar refractivity (Wildman–Crippen MR) is 75.7 cm³/mol. The van der Waals surface area contributed by atoms with Gasteiger partial charge in [-0.3, -0.25) is 14.5 Å². The summed E-state index contributed by atoms with van der Waals surface area (Å²) in [4.78, 5) is 37.5. The molecule has 2 fully saturated rings.